The van der Waals surface area contributed by atoms with Crippen LogP contribution in [0.4, 0.5) is 5.82 Å². The lowest BCUT2D eigenvalue weighted by Gasteiger charge is -2.25. The van der Waals surface area contributed by atoms with Gasteiger partial charge in [-0.2, -0.15) is 14.6 Å². The SMILES string of the molecule is COCc1cc(N(C)[C@H](C)c2ccco2)n2ncnc2n1. The molecule has 7 heteroatoms. The van der Waals surface area contributed by atoms with E-state index in [0.717, 1.165) is 17.3 Å². The van der Waals surface area contributed by atoms with Gasteiger partial charge in [0.05, 0.1) is 24.6 Å². The first-order valence-corrected chi connectivity index (χ1v) is 6.65. The summed E-state index contributed by atoms with van der Waals surface area (Å²) in [5, 5.41) is 4.23. The number of anilines is 1. The minimum absolute atomic E-state index is 0.0604. The Bertz CT molecular complexity index is 722. The molecule has 3 rings (SSSR count). The average Bonchev–Trinajstić information content (AvgIpc) is 3.16. The van der Waals surface area contributed by atoms with Gasteiger partial charge in [0.15, 0.2) is 0 Å². The van der Waals surface area contributed by atoms with Crippen LogP contribution in [-0.2, 0) is 11.3 Å². The minimum atomic E-state index is 0.0604. The molecule has 0 saturated carbocycles. The molecule has 110 valence electrons. The van der Waals surface area contributed by atoms with Crippen molar-refractivity contribution < 1.29 is 9.15 Å². The number of nitrogens with zero attached hydrogens (tertiary/aromatic N) is 5. The molecule has 3 aromatic rings. The number of furan rings is 1. The molecular weight excluding hydrogens is 270 g/mol. The standard InChI is InChI=1S/C14H17N5O2/c1-10(12-5-4-6-21-12)18(2)13-7-11(8-20-3)17-14-15-9-16-19(13)14/h4-7,9-10H,8H2,1-3H3/t10-/m1/s1. The van der Waals surface area contributed by atoms with Crippen LogP contribution in [-0.4, -0.2) is 33.7 Å². The van der Waals surface area contributed by atoms with Gasteiger partial charge >= 0.3 is 0 Å². The van der Waals surface area contributed by atoms with Crippen molar-refractivity contribution in [2.45, 2.75) is 19.6 Å². The summed E-state index contributed by atoms with van der Waals surface area (Å²) in [5.41, 5.74) is 0.812. The Morgan fingerprint density at radius 2 is 2.33 bits per heavy atom. The number of hydrogen-bond donors (Lipinski definition) is 0. The van der Waals surface area contributed by atoms with Crippen molar-refractivity contribution in [3.05, 3.63) is 42.2 Å². The quantitative estimate of drug-likeness (QED) is 0.715. The van der Waals surface area contributed by atoms with E-state index in [-0.39, 0.29) is 6.04 Å². The third-order valence-electron chi connectivity index (χ3n) is 3.48. The molecule has 21 heavy (non-hydrogen) atoms. The molecule has 3 aromatic heterocycles. The molecular formula is C14H17N5O2. The third kappa shape index (κ3) is 2.47. The highest BCUT2D eigenvalue weighted by molar-refractivity contribution is 5.48. The molecule has 3 heterocycles. The summed E-state index contributed by atoms with van der Waals surface area (Å²) in [6, 6.07) is 5.85. The molecule has 0 fully saturated rings. The Morgan fingerprint density at radius 1 is 1.48 bits per heavy atom. The van der Waals surface area contributed by atoms with Crippen LogP contribution in [0, 0.1) is 0 Å². The summed E-state index contributed by atoms with van der Waals surface area (Å²) in [5.74, 6) is 2.32. The van der Waals surface area contributed by atoms with Gasteiger partial charge in [-0.25, -0.2) is 4.98 Å². The molecule has 0 N–H and O–H groups in total. The largest absolute Gasteiger partial charge is 0.467 e. The van der Waals surface area contributed by atoms with Crippen LogP contribution >= 0.6 is 0 Å². The van der Waals surface area contributed by atoms with Crippen LogP contribution in [0.1, 0.15) is 24.4 Å². The average molecular weight is 287 g/mol. The van der Waals surface area contributed by atoms with Crippen molar-refractivity contribution >= 4 is 11.6 Å². The van der Waals surface area contributed by atoms with E-state index in [0.29, 0.717) is 12.4 Å². The van der Waals surface area contributed by atoms with Gasteiger partial charge in [0.25, 0.3) is 5.78 Å². The molecule has 0 radical (unpaired) electrons. The van der Waals surface area contributed by atoms with Gasteiger partial charge < -0.3 is 14.1 Å². The van der Waals surface area contributed by atoms with Crippen LogP contribution in [0.5, 0.6) is 0 Å². The zero-order valence-electron chi connectivity index (χ0n) is 12.2. The smallest absolute Gasteiger partial charge is 0.254 e. The maximum absolute atomic E-state index is 5.48. The van der Waals surface area contributed by atoms with Crippen molar-refractivity contribution in [1.82, 2.24) is 19.6 Å². The fourth-order valence-electron chi connectivity index (χ4n) is 2.24. The van der Waals surface area contributed by atoms with Crippen molar-refractivity contribution in [3.63, 3.8) is 0 Å². The number of methoxy groups -OCH3 is 1. The van der Waals surface area contributed by atoms with E-state index in [1.165, 1.54) is 6.33 Å². The van der Waals surface area contributed by atoms with Gasteiger partial charge in [-0.3, -0.25) is 0 Å². The number of hydrogen-bond acceptors (Lipinski definition) is 6. The predicted molar refractivity (Wildman–Crippen MR) is 77.0 cm³/mol. The first kappa shape index (κ1) is 13.6. The Kier molecular flexibility index (Phi) is 3.57. The highest BCUT2D eigenvalue weighted by Gasteiger charge is 2.19. The normalized spacial score (nSPS) is 12.7. The summed E-state index contributed by atoms with van der Waals surface area (Å²) >= 11 is 0. The van der Waals surface area contributed by atoms with Gasteiger partial charge in [-0.05, 0) is 19.1 Å². The van der Waals surface area contributed by atoms with Gasteiger partial charge in [-0.15, -0.1) is 0 Å². The fraction of sp³-hybridized carbons (Fsp3) is 0.357. The maximum atomic E-state index is 5.48. The Balaban J connectivity index is 2.03. The molecule has 0 saturated heterocycles. The van der Waals surface area contributed by atoms with Crippen LogP contribution in [0.15, 0.2) is 35.2 Å². The Morgan fingerprint density at radius 3 is 3.05 bits per heavy atom. The molecule has 0 aromatic carbocycles. The topological polar surface area (TPSA) is 68.7 Å². The maximum Gasteiger partial charge on any atom is 0.254 e. The molecule has 0 unspecified atom stereocenters. The second kappa shape index (κ2) is 5.53. The van der Waals surface area contributed by atoms with E-state index in [1.807, 2.05) is 25.2 Å². The van der Waals surface area contributed by atoms with E-state index < -0.39 is 0 Å². The summed E-state index contributed by atoms with van der Waals surface area (Å²) in [6.07, 6.45) is 3.17. The zero-order chi connectivity index (χ0) is 14.8. The van der Waals surface area contributed by atoms with Crippen LogP contribution < -0.4 is 4.90 Å². The van der Waals surface area contributed by atoms with Crippen molar-refractivity contribution in [3.8, 4) is 0 Å². The number of rotatable bonds is 5. The van der Waals surface area contributed by atoms with E-state index >= 15 is 0 Å². The van der Waals surface area contributed by atoms with Crippen molar-refractivity contribution in [2.24, 2.45) is 0 Å². The van der Waals surface area contributed by atoms with E-state index in [1.54, 1.807) is 17.9 Å². The fourth-order valence-corrected chi connectivity index (χ4v) is 2.24. The summed E-state index contributed by atoms with van der Waals surface area (Å²) in [4.78, 5) is 10.6. The molecule has 0 bridgehead atoms. The lowest BCUT2D eigenvalue weighted by molar-refractivity contribution is 0.181. The molecule has 7 nitrogen and oxygen atoms in total. The molecule has 0 aliphatic carbocycles. The van der Waals surface area contributed by atoms with Crippen LogP contribution in [0.3, 0.4) is 0 Å². The van der Waals surface area contributed by atoms with E-state index in [9.17, 15) is 0 Å². The van der Waals surface area contributed by atoms with E-state index in [2.05, 4.69) is 26.9 Å². The van der Waals surface area contributed by atoms with Crippen LogP contribution in [0.2, 0.25) is 0 Å². The molecule has 0 aliphatic rings. The highest BCUT2D eigenvalue weighted by Crippen LogP contribution is 2.26. The van der Waals surface area contributed by atoms with Gasteiger partial charge in [0, 0.05) is 20.2 Å². The van der Waals surface area contributed by atoms with Crippen molar-refractivity contribution in [1.29, 1.82) is 0 Å². The van der Waals surface area contributed by atoms with Gasteiger partial charge in [-0.1, -0.05) is 0 Å². The first-order chi connectivity index (χ1) is 10.2. The highest BCUT2D eigenvalue weighted by atomic mass is 16.5. The number of fused-ring (bicyclic) bond motifs is 1. The van der Waals surface area contributed by atoms with Crippen LogP contribution in [0.25, 0.3) is 5.78 Å². The number of aromatic nitrogens is 4. The minimum Gasteiger partial charge on any atom is -0.467 e. The molecule has 1 atom stereocenters. The zero-order valence-corrected chi connectivity index (χ0v) is 12.2. The molecule has 0 aliphatic heterocycles. The lowest BCUT2D eigenvalue weighted by Crippen LogP contribution is -2.24. The second-order valence-corrected chi connectivity index (χ2v) is 4.81. The first-order valence-electron chi connectivity index (χ1n) is 6.65. The second-order valence-electron chi connectivity index (χ2n) is 4.81. The monoisotopic (exact) mass is 287 g/mol. The van der Waals surface area contributed by atoms with Gasteiger partial charge in [0.2, 0.25) is 0 Å². The Labute approximate surface area is 122 Å². The number of ether oxygens (including phenoxy) is 1. The van der Waals surface area contributed by atoms with Crippen molar-refractivity contribution in [2.75, 3.05) is 19.1 Å². The predicted octanol–water partition coefficient (Wildman–Crippen LogP) is 2.06. The Hall–Kier alpha value is -2.41. The summed E-state index contributed by atoms with van der Waals surface area (Å²) in [7, 11) is 3.63. The summed E-state index contributed by atoms with van der Waals surface area (Å²) < 4.78 is 12.4. The summed E-state index contributed by atoms with van der Waals surface area (Å²) in [6.45, 7) is 2.50. The molecule has 0 amide bonds. The van der Waals surface area contributed by atoms with Gasteiger partial charge in [0.1, 0.15) is 17.9 Å². The third-order valence-corrected chi connectivity index (χ3v) is 3.48. The molecule has 0 spiro atoms. The lowest BCUT2D eigenvalue weighted by atomic mass is 10.2. The van der Waals surface area contributed by atoms with E-state index in [4.69, 9.17) is 9.15 Å².